The van der Waals surface area contributed by atoms with Crippen LogP contribution in [0.3, 0.4) is 0 Å². The monoisotopic (exact) mass is 466 g/mol. The number of aliphatic hydroxyl groups is 1. The van der Waals surface area contributed by atoms with Crippen molar-refractivity contribution in [3.8, 4) is 5.75 Å². The van der Waals surface area contributed by atoms with Crippen LogP contribution in [0.15, 0.2) is 54.2 Å². The van der Waals surface area contributed by atoms with Gasteiger partial charge in [0.2, 0.25) is 0 Å². The van der Waals surface area contributed by atoms with Crippen molar-refractivity contribution in [3.05, 3.63) is 65.5 Å². The van der Waals surface area contributed by atoms with Crippen LogP contribution in [0.2, 0.25) is 0 Å². The molecule has 0 spiro atoms. The van der Waals surface area contributed by atoms with Gasteiger partial charge in [-0.1, -0.05) is 25.8 Å². The van der Waals surface area contributed by atoms with E-state index in [2.05, 4.69) is 11.9 Å². The molecular formula is C27H34N2O5. The zero-order valence-electron chi connectivity index (χ0n) is 20.2. The fourth-order valence-corrected chi connectivity index (χ4v) is 3.92. The van der Waals surface area contributed by atoms with Gasteiger partial charge in [-0.3, -0.25) is 14.6 Å². The van der Waals surface area contributed by atoms with E-state index >= 15 is 0 Å². The minimum absolute atomic E-state index is 0.0464. The van der Waals surface area contributed by atoms with Gasteiger partial charge < -0.3 is 19.5 Å². The number of pyridine rings is 1. The summed E-state index contributed by atoms with van der Waals surface area (Å²) in [6.45, 7) is 7.45. The van der Waals surface area contributed by atoms with E-state index in [0.29, 0.717) is 43.2 Å². The van der Waals surface area contributed by atoms with Gasteiger partial charge in [0.1, 0.15) is 17.6 Å². The van der Waals surface area contributed by atoms with Gasteiger partial charge in [-0.25, -0.2) is 0 Å². The average molecular weight is 467 g/mol. The van der Waals surface area contributed by atoms with Gasteiger partial charge in [0.05, 0.1) is 24.0 Å². The van der Waals surface area contributed by atoms with Crippen LogP contribution in [0.4, 0.5) is 0 Å². The summed E-state index contributed by atoms with van der Waals surface area (Å²) >= 11 is 0. The number of ether oxygens (including phenoxy) is 2. The Labute approximate surface area is 201 Å². The summed E-state index contributed by atoms with van der Waals surface area (Å²) in [4.78, 5) is 31.8. The number of hydrogen-bond acceptors (Lipinski definition) is 6. The van der Waals surface area contributed by atoms with Crippen molar-refractivity contribution >= 4 is 17.4 Å². The van der Waals surface area contributed by atoms with Crippen LogP contribution in [-0.4, -0.2) is 52.5 Å². The lowest BCUT2D eigenvalue weighted by molar-refractivity contribution is -0.140. The third kappa shape index (κ3) is 6.23. The molecule has 0 bridgehead atoms. The molecule has 1 aromatic heterocycles. The highest BCUT2D eigenvalue weighted by atomic mass is 16.5. The number of likely N-dealkylation sites (tertiary alicyclic amines) is 1. The summed E-state index contributed by atoms with van der Waals surface area (Å²) in [7, 11) is 0. The van der Waals surface area contributed by atoms with Gasteiger partial charge in [-0.15, -0.1) is 0 Å². The Morgan fingerprint density at radius 3 is 2.47 bits per heavy atom. The summed E-state index contributed by atoms with van der Waals surface area (Å²) in [5, 5.41) is 11.1. The normalized spacial score (nSPS) is 17.5. The highest BCUT2D eigenvalue weighted by molar-refractivity contribution is 6.46. The van der Waals surface area contributed by atoms with E-state index in [1.54, 1.807) is 48.7 Å². The standard InChI is InChI=1S/C27H34N2O5/c1-4-5-8-17-34-21-13-11-20(12-14-21)25(30)23-24(22-10-6-7-15-28-22)29(27(32)26(23)31)16-9-18-33-19(2)3/h6-7,10-15,19,24,30H,4-5,8-9,16-18H2,1-3H3/b25-23-. The van der Waals surface area contributed by atoms with Crippen molar-refractivity contribution in [2.24, 2.45) is 0 Å². The first kappa shape index (κ1) is 25.4. The van der Waals surface area contributed by atoms with Gasteiger partial charge in [-0.2, -0.15) is 0 Å². The smallest absolute Gasteiger partial charge is 0.295 e. The molecule has 1 fully saturated rings. The molecule has 1 N–H and O–H groups in total. The number of aromatic nitrogens is 1. The molecule has 1 saturated heterocycles. The number of hydrogen-bond donors (Lipinski definition) is 1. The lowest BCUT2D eigenvalue weighted by atomic mass is 9.98. The van der Waals surface area contributed by atoms with Crippen LogP contribution in [0.25, 0.3) is 5.76 Å². The highest BCUT2D eigenvalue weighted by Gasteiger charge is 2.46. The number of carbonyl (C=O) groups excluding carboxylic acids is 2. The number of ketones is 1. The predicted molar refractivity (Wildman–Crippen MR) is 130 cm³/mol. The van der Waals surface area contributed by atoms with Crippen LogP contribution in [0, 0.1) is 0 Å². The molecule has 7 heteroatoms. The lowest BCUT2D eigenvalue weighted by Crippen LogP contribution is -2.31. The van der Waals surface area contributed by atoms with E-state index in [1.165, 1.54) is 4.90 Å². The first-order valence-electron chi connectivity index (χ1n) is 12.0. The topological polar surface area (TPSA) is 89.0 Å². The first-order valence-corrected chi connectivity index (χ1v) is 12.0. The molecule has 2 aromatic rings. The summed E-state index contributed by atoms with van der Waals surface area (Å²) in [6.07, 6.45) is 5.47. The van der Waals surface area contributed by atoms with Crippen molar-refractivity contribution in [2.75, 3.05) is 19.8 Å². The molecule has 3 rings (SSSR count). The van der Waals surface area contributed by atoms with E-state index < -0.39 is 17.7 Å². The van der Waals surface area contributed by atoms with Crippen LogP contribution >= 0.6 is 0 Å². The molecule has 0 saturated carbocycles. The number of Topliss-reactive ketones (excluding diaryl/α,β-unsaturated/α-hetero) is 1. The largest absolute Gasteiger partial charge is 0.507 e. The Kier molecular flexibility index (Phi) is 9.22. The second kappa shape index (κ2) is 12.3. The average Bonchev–Trinajstić information content (AvgIpc) is 3.10. The Bertz CT molecular complexity index is 986. The van der Waals surface area contributed by atoms with E-state index in [0.717, 1.165) is 19.3 Å². The molecule has 1 unspecified atom stereocenters. The van der Waals surface area contributed by atoms with Gasteiger partial charge in [0.15, 0.2) is 0 Å². The number of nitrogens with zero attached hydrogens (tertiary/aromatic N) is 2. The van der Waals surface area contributed by atoms with Crippen molar-refractivity contribution in [2.45, 2.75) is 58.6 Å². The predicted octanol–water partition coefficient (Wildman–Crippen LogP) is 4.89. The Morgan fingerprint density at radius 2 is 1.82 bits per heavy atom. The fourth-order valence-electron chi connectivity index (χ4n) is 3.92. The molecule has 7 nitrogen and oxygen atoms in total. The minimum Gasteiger partial charge on any atom is -0.507 e. The van der Waals surface area contributed by atoms with Crippen molar-refractivity contribution in [1.29, 1.82) is 0 Å². The molecule has 0 aliphatic carbocycles. The van der Waals surface area contributed by atoms with Gasteiger partial charge >= 0.3 is 0 Å². The quantitative estimate of drug-likeness (QED) is 0.207. The molecule has 1 amide bonds. The number of benzene rings is 1. The van der Waals surface area contributed by atoms with Crippen LogP contribution in [0.5, 0.6) is 5.75 Å². The number of rotatable bonds is 12. The molecule has 0 radical (unpaired) electrons. The third-order valence-electron chi connectivity index (χ3n) is 5.65. The number of carbonyl (C=O) groups is 2. The molecule has 1 aromatic carbocycles. The van der Waals surface area contributed by atoms with Gasteiger partial charge in [0, 0.05) is 24.9 Å². The van der Waals surface area contributed by atoms with E-state index in [1.807, 2.05) is 13.8 Å². The van der Waals surface area contributed by atoms with E-state index in [9.17, 15) is 14.7 Å². The summed E-state index contributed by atoms with van der Waals surface area (Å²) in [5.41, 5.74) is 1.02. The Hall–Kier alpha value is -3.19. The molecule has 34 heavy (non-hydrogen) atoms. The summed E-state index contributed by atoms with van der Waals surface area (Å²) < 4.78 is 11.3. The van der Waals surface area contributed by atoms with E-state index in [-0.39, 0.29) is 17.4 Å². The number of amides is 1. The van der Waals surface area contributed by atoms with E-state index in [4.69, 9.17) is 9.47 Å². The minimum atomic E-state index is -0.759. The maximum atomic E-state index is 13.0. The third-order valence-corrected chi connectivity index (χ3v) is 5.65. The van der Waals surface area contributed by atoms with Crippen molar-refractivity contribution in [3.63, 3.8) is 0 Å². The molecule has 1 aliphatic heterocycles. The molecule has 1 aliphatic rings. The fraction of sp³-hybridized carbons (Fsp3) is 0.444. The van der Waals surface area contributed by atoms with Crippen molar-refractivity contribution in [1.82, 2.24) is 9.88 Å². The Balaban J connectivity index is 1.87. The zero-order valence-corrected chi connectivity index (χ0v) is 20.2. The Morgan fingerprint density at radius 1 is 1.06 bits per heavy atom. The van der Waals surface area contributed by atoms with Crippen molar-refractivity contribution < 1.29 is 24.2 Å². The second-order valence-electron chi connectivity index (χ2n) is 8.60. The SMILES string of the molecule is CCCCCOc1ccc(/C(O)=C2/C(=O)C(=O)N(CCCOC(C)C)C2c2ccccn2)cc1. The number of unbranched alkanes of at least 4 members (excludes halogenated alkanes) is 2. The van der Waals surface area contributed by atoms with Gasteiger partial charge in [-0.05, 0) is 63.1 Å². The van der Waals surface area contributed by atoms with Crippen LogP contribution < -0.4 is 4.74 Å². The molecule has 182 valence electrons. The molecular weight excluding hydrogens is 432 g/mol. The highest BCUT2D eigenvalue weighted by Crippen LogP contribution is 2.38. The first-order chi connectivity index (χ1) is 16.4. The second-order valence-corrected chi connectivity index (χ2v) is 8.60. The summed E-state index contributed by atoms with van der Waals surface area (Å²) in [6, 6.07) is 11.5. The van der Waals surface area contributed by atoms with Crippen LogP contribution in [0.1, 0.15) is 63.8 Å². The molecule has 1 atom stereocenters. The number of aliphatic hydroxyl groups excluding tert-OH is 1. The lowest BCUT2D eigenvalue weighted by Gasteiger charge is -2.24. The maximum Gasteiger partial charge on any atom is 0.295 e. The zero-order chi connectivity index (χ0) is 24.5. The van der Waals surface area contributed by atoms with Crippen LogP contribution in [-0.2, 0) is 14.3 Å². The summed E-state index contributed by atoms with van der Waals surface area (Å²) in [5.74, 6) is -0.873. The maximum absolute atomic E-state index is 13.0. The van der Waals surface area contributed by atoms with Gasteiger partial charge in [0.25, 0.3) is 11.7 Å². The molecule has 2 heterocycles.